The first-order valence-corrected chi connectivity index (χ1v) is 10.5. The molecule has 2 amide bonds. The summed E-state index contributed by atoms with van der Waals surface area (Å²) in [5.41, 5.74) is 1.63. The van der Waals surface area contributed by atoms with Gasteiger partial charge in [0, 0.05) is 51.1 Å². The second-order valence-electron chi connectivity index (χ2n) is 7.69. The maximum Gasteiger partial charge on any atom is 0.255 e. The number of nitrogens with zero attached hydrogens (tertiary/aromatic N) is 4. The molecule has 1 aromatic heterocycles. The van der Waals surface area contributed by atoms with Crippen LogP contribution in [0.1, 0.15) is 39.1 Å². The van der Waals surface area contributed by atoms with Crippen LogP contribution in [0.4, 0.5) is 5.82 Å². The highest BCUT2D eigenvalue weighted by Gasteiger charge is 2.26. The van der Waals surface area contributed by atoms with E-state index in [1.807, 2.05) is 4.90 Å². The molecule has 1 atom stereocenters. The van der Waals surface area contributed by atoms with Crippen molar-refractivity contribution in [1.82, 2.24) is 15.2 Å². The predicted molar refractivity (Wildman–Crippen MR) is 115 cm³/mol. The first-order valence-electron chi connectivity index (χ1n) is 10.5. The van der Waals surface area contributed by atoms with Crippen molar-refractivity contribution in [2.75, 3.05) is 44.2 Å². The van der Waals surface area contributed by atoms with Crippen LogP contribution in [-0.2, 0) is 4.74 Å². The average molecular weight is 419 g/mol. The van der Waals surface area contributed by atoms with E-state index in [0.29, 0.717) is 55.2 Å². The summed E-state index contributed by atoms with van der Waals surface area (Å²) in [4.78, 5) is 33.8. The summed E-state index contributed by atoms with van der Waals surface area (Å²) in [5.74, 6) is 0.423. The molecule has 3 heterocycles. The van der Waals surface area contributed by atoms with E-state index >= 15 is 0 Å². The van der Waals surface area contributed by atoms with Crippen LogP contribution in [0.15, 0.2) is 42.6 Å². The molecule has 2 fully saturated rings. The molecule has 0 saturated carbocycles. The summed E-state index contributed by atoms with van der Waals surface area (Å²) in [6.45, 7) is 3.50. The number of pyridine rings is 1. The quantitative estimate of drug-likeness (QED) is 0.794. The Balaban J connectivity index is 1.37. The Labute approximate surface area is 181 Å². The van der Waals surface area contributed by atoms with Gasteiger partial charge >= 0.3 is 0 Å². The molecule has 8 heteroatoms. The fraction of sp³-hybridized carbons (Fsp3) is 0.391. The minimum absolute atomic E-state index is 0.0558. The van der Waals surface area contributed by atoms with Crippen LogP contribution >= 0.6 is 0 Å². The zero-order valence-electron chi connectivity index (χ0n) is 17.3. The first-order chi connectivity index (χ1) is 15.2. The lowest BCUT2D eigenvalue weighted by atomic mass is 10.1. The van der Waals surface area contributed by atoms with E-state index in [9.17, 15) is 9.59 Å². The molecule has 160 valence electrons. The monoisotopic (exact) mass is 419 g/mol. The summed E-state index contributed by atoms with van der Waals surface area (Å²) in [7, 11) is 0. The Bertz CT molecular complexity index is 971. The van der Waals surface area contributed by atoms with E-state index in [1.165, 1.54) is 0 Å². The SMILES string of the molecule is N#Cc1ccc(C(=O)N2CCN(c3ncccc3C(=O)NCC3CCCO3)CC2)cc1. The van der Waals surface area contributed by atoms with Crippen molar-refractivity contribution in [2.24, 2.45) is 0 Å². The number of aromatic nitrogens is 1. The van der Waals surface area contributed by atoms with Gasteiger partial charge in [-0.2, -0.15) is 5.26 Å². The van der Waals surface area contributed by atoms with E-state index in [1.54, 1.807) is 47.5 Å². The second-order valence-corrected chi connectivity index (χ2v) is 7.69. The molecule has 1 N–H and O–H groups in total. The number of anilines is 1. The molecule has 0 radical (unpaired) electrons. The van der Waals surface area contributed by atoms with E-state index in [0.717, 1.165) is 19.4 Å². The fourth-order valence-corrected chi connectivity index (χ4v) is 3.92. The van der Waals surface area contributed by atoms with Crippen molar-refractivity contribution in [3.8, 4) is 6.07 Å². The number of amides is 2. The number of carbonyl (C=O) groups excluding carboxylic acids is 2. The van der Waals surface area contributed by atoms with Gasteiger partial charge in [-0.15, -0.1) is 0 Å². The Hall–Kier alpha value is -3.44. The molecule has 2 aromatic rings. The van der Waals surface area contributed by atoms with Gasteiger partial charge in [0.05, 0.1) is 23.3 Å². The Morgan fingerprint density at radius 1 is 1.16 bits per heavy atom. The van der Waals surface area contributed by atoms with Crippen molar-refractivity contribution in [2.45, 2.75) is 18.9 Å². The van der Waals surface area contributed by atoms with Crippen LogP contribution in [0, 0.1) is 11.3 Å². The fourth-order valence-electron chi connectivity index (χ4n) is 3.92. The first kappa shape index (κ1) is 20.8. The van der Waals surface area contributed by atoms with E-state index in [-0.39, 0.29) is 17.9 Å². The lowest BCUT2D eigenvalue weighted by Gasteiger charge is -2.36. The number of ether oxygens (including phenoxy) is 1. The average Bonchev–Trinajstić information content (AvgIpc) is 3.36. The van der Waals surface area contributed by atoms with E-state index in [2.05, 4.69) is 16.4 Å². The number of nitriles is 1. The van der Waals surface area contributed by atoms with Crippen LogP contribution in [0.2, 0.25) is 0 Å². The molecule has 0 bridgehead atoms. The number of hydrogen-bond donors (Lipinski definition) is 1. The van der Waals surface area contributed by atoms with Gasteiger partial charge in [-0.1, -0.05) is 0 Å². The van der Waals surface area contributed by atoms with Crippen molar-refractivity contribution >= 4 is 17.6 Å². The molecular weight excluding hydrogens is 394 g/mol. The second kappa shape index (κ2) is 9.58. The highest BCUT2D eigenvalue weighted by Crippen LogP contribution is 2.20. The third kappa shape index (κ3) is 4.84. The van der Waals surface area contributed by atoms with Crippen molar-refractivity contribution in [3.05, 3.63) is 59.3 Å². The number of piperazine rings is 1. The Kier molecular flexibility index (Phi) is 6.43. The highest BCUT2D eigenvalue weighted by atomic mass is 16.5. The van der Waals surface area contributed by atoms with Crippen LogP contribution in [0.25, 0.3) is 0 Å². The smallest absolute Gasteiger partial charge is 0.255 e. The van der Waals surface area contributed by atoms with Gasteiger partial charge in [-0.05, 0) is 49.2 Å². The van der Waals surface area contributed by atoms with E-state index < -0.39 is 0 Å². The zero-order valence-corrected chi connectivity index (χ0v) is 17.3. The normalized spacial score (nSPS) is 18.5. The number of carbonyl (C=O) groups is 2. The molecule has 1 aromatic carbocycles. The zero-order chi connectivity index (χ0) is 21.6. The summed E-state index contributed by atoms with van der Waals surface area (Å²) in [6.07, 6.45) is 3.76. The summed E-state index contributed by atoms with van der Waals surface area (Å²) in [5, 5.41) is 11.9. The van der Waals surface area contributed by atoms with Crippen LogP contribution in [-0.4, -0.2) is 67.1 Å². The highest BCUT2D eigenvalue weighted by molar-refractivity contribution is 5.99. The summed E-state index contributed by atoms with van der Waals surface area (Å²) < 4.78 is 5.58. The molecule has 31 heavy (non-hydrogen) atoms. The molecule has 4 rings (SSSR count). The molecular formula is C23H25N5O3. The van der Waals surface area contributed by atoms with Gasteiger partial charge in [0.15, 0.2) is 0 Å². The van der Waals surface area contributed by atoms with E-state index in [4.69, 9.17) is 10.00 Å². The van der Waals surface area contributed by atoms with Gasteiger partial charge in [0.25, 0.3) is 11.8 Å². The predicted octanol–water partition coefficient (Wildman–Crippen LogP) is 1.82. The number of nitrogens with one attached hydrogen (secondary N) is 1. The molecule has 2 saturated heterocycles. The van der Waals surface area contributed by atoms with Crippen molar-refractivity contribution in [3.63, 3.8) is 0 Å². The third-order valence-corrected chi connectivity index (χ3v) is 5.67. The van der Waals surface area contributed by atoms with Crippen LogP contribution in [0.3, 0.4) is 0 Å². The van der Waals surface area contributed by atoms with Crippen LogP contribution in [0.5, 0.6) is 0 Å². The van der Waals surface area contributed by atoms with Gasteiger partial charge < -0.3 is 19.9 Å². The number of benzene rings is 1. The molecule has 2 aliphatic rings. The standard InChI is InChI=1S/C23H25N5O3/c24-15-17-5-7-18(8-6-17)23(30)28-12-10-27(11-13-28)21-20(4-1-9-25-21)22(29)26-16-19-3-2-14-31-19/h1,4-9,19H,2-3,10-14,16H2,(H,26,29). The lowest BCUT2D eigenvalue weighted by molar-refractivity contribution is 0.0745. The summed E-state index contributed by atoms with van der Waals surface area (Å²) >= 11 is 0. The lowest BCUT2D eigenvalue weighted by Crippen LogP contribution is -2.49. The largest absolute Gasteiger partial charge is 0.376 e. The Morgan fingerprint density at radius 2 is 1.94 bits per heavy atom. The van der Waals surface area contributed by atoms with Gasteiger partial charge in [0.2, 0.25) is 0 Å². The molecule has 2 aliphatic heterocycles. The minimum atomic E-state index is -0.158. The van der Waals surface area contributed by atoms with Gasteiger partial charge in [-0.25, -0.2) is 4.98 Å². The van der Waals surface area contributed by atoms with Crippen molar-refractivity contribution in [1.29, 1.82) is 5.26 Å². The van der Waals surface area contributed by atoms with Crippen molar-refractivity contribution < 1.29 is 14.3 Å². The van der Waals surface area contributed by atoms with Gasteiger partial charge in [0.1, 0.15) is 5.82 Å². The van der Waals surface area contributed by atoms with Gasteiger partial charge in [-0.3, -0.25) is 9.59 Å². The number of hydrogen-bond acceptors (Lipinski definition) is 6. The maximum atomic E-state index is 12.8. The number of rotatable bonds is 5. The summed E-state index contributed by atoms with van der Waals surface area (Å²) in [6, 6.07) is 12.3. The maximum absolute atomic E-state index is 12.8. The third-order valence-electron chi connectivity index (χ3n) is 5.67. The molecule has 0 aliphatic carbocycles. The minimum Gasteiger partial charge on any atom is -0.376 e. The van der Waals surface area contributed by atoms with Crippen LogP contribution < -0.4 is 10.2 Å². The Morgan fingerprint density at radius 3 is 2.61 bits per heavy atom. The molecule has 0 spiro atoms. The topological polar surface area (TPSA) is 98.6 Å². The molecule has 8 nitrogen and oxygen atoms in total. The molecule has 1 unspecified atom stereocenters.